The highest BCUT2D eigenvalue weighted by Crippen LogP contribution is 2.34. The molecule has 0 amide bonds. The molecular weight excluding hydrogens is 484 g/mol. The van der Waals surface area contributed by atoms with Crippen molar-refractivity contribution in [2.45, 2.75) is 30.6 Å². The number of carboxylic acid groups (broad SMARTS) is 1. The van der Waals surface area contributed by atoms with Crippen LogP contribution in [0.1, 0.15) is 37.0 Å². The lowest BCUT2D eigenvalue weighted by molar-refractivity contribution is -0.135. The number of fused-ring (bicyclic) bond motifs is 1. The molecule has 4 rings (SSSR count). The minimum atomic E-state index is -3.36. The van der Waals surface area contributed by atoms with Crippen molar-refractivity contribution < 1.29 is 18.3 Å². The first-order valence-corrected chi connectivity index (χ1v) is 13.5. The molecule has 0 aliphatic rings. The van der Waals surface area contributed by atoms with Gasteiger partial charge in [0.2, 0.25) is 0 Å². The van der Waals surface area contributed by atoms with Crippen LogP contribution in [0.3, 0.4) is 0 Å². The van der Waals surface area contributed by atoms with Gasteiger partial charge in [-0.1, -0.05) is 42.5 Å². The number of nitrogens with zero attached hydrogens (tertiary/aromatic N) is 2. The number of hydrogen-bond donors (Lipinski definition) is 1. The Morgan fingerprint density at radius 3 is 2.43 bits per heavy atom. The van der Waals surface area contributed by atoms with Crippen LogP contribution < -0.4 is 0 Å². The van der Waals surface area contributed by atoms with Crippen LogP contribution in [-0.2, 0) is 20.0 Å². The number of carbonyl (C=O) groups is 1. The van der Waals surface area contributed by atoms with Gasteiger partial charge in [0.25, 0.3) is 0 Å². The lowest BCUT2D eigenvalue weighted by Gasteiger charge is -2.19. The maximum atomic E-state index is 11.8. The summed E-state index contributed by atoms with van der Waals surface area (Å²) >= 11 is 0. The summed E-state index contributed by atoms with van der Waals surface area (Å²) in [6.07, 6.45) is 4.44. The minimum Gasteiger partial charge on any atom is -0.481 e. The van der Waals surface area contributed by atoms with Crippen molar-refractivity contribution in [2.24, 2.45) is 0 Å². The molecular formula is C30H26N2O4S. The second kappa shape index (κ2) is 10.00. The van der Waals surface area contributed by atoms with Gasteiger partial charge in [-0.25, -0.2) is 8.42 Å². The first-order valence-electron chi connectivity index (χ1n) is 11.6. The third kappa shape index (κ3) is 5.76. The van der Waals surface area contributed by atoms with Crippen LogP contribution in [0.5, 0.6) is 0 Å². The number of sulfone groups is 1. The van der Waals surface area contributed by atoms with Crippen LogP contribution in [0, 0.1) is 11.3 Å². The van der Waals surface area contributed by atoms with E-state index in [2.05, 4.69) is 11.1 Å². The van der Waals surface area contributed by atoms with E-state index in [4.69, 9.17) is 0 Å². The monoisotopic (exact) mass is 510 g/mol. The number of pyridine rings is 1. The normalized spacial score (nSPS) is 12.3. The summed E-state index contributed by atoms with van der Waals surface area (Å²) in [7, 11) is -3.36. The predicted molar refractivity (Wildman–Crippen MR) is 145 cm³/mol. The topological polar surface area (TPSA) is 108 Å². The molecule has 0 unspecified atom stereocenters. The number of rotatable bonds is 7. The van der Waals surface area contributed by atoms with Crippen molar-refractivity contribution in [1.82, 2.24) is 4.98 Å². The van der Waals surface area contributed by atoms with E-state index in [1.807, 2.05) is 62.4 Å². The van der Waals surface area contributed by atoms with E-state index < -0.39 is 21.2 Å². The molecule has 1 N–H and O–H groups in total. The molecule has 0 bridgehead atoms. The van der Waals surface area contributed by atoms with E-state index >= 15 is 0 Å². The van der Waals surface area contributed by atoms with Crippen molar-refractivity contribution in [1.29, 1.82) is 5.26 Å². The largest absolute Gasteiger partial charge is 0.481 e. The van der Waals surface area contributed by atoms with Crippen molar-refractivity contribution >= 4 is 38.4 Å². The summed E-state index contributed by atoms with van der Waals surface area (Å²) < 4.78 is 23.6. The number of nitriles is 1. The fourth-order valence-electron chi connectivity index (χ4n) is 4.15. The number of hydrogen-bond acceptors (Lipinski definition) is 5. The van der Waals surface area contributed by atoms with Crippen LogP contribution in [0.2, 0.25) is 0 Å². The molecule has 0 saturated carbocycles. The van der Waals surface area contributed by atoms with Crippen molar-refractivity contribution in [2.75, 3.05) is 6.26 Å². The molecule has 1 heterocycles. The molecule has 0 atom stereocenters. The quantitative estimate of drug-likeness (QED) is 0.300. The molecule has 0 fully saturated rings. The zero-order chi connectivity index (χ0) is 26.8. The highest BCUT2D eigenvalue weighted by atomic mass is 32.2. The van der Waals surface area contributed by atoms with E-state index in [-0.39, 0.29) is 11.3 Å². The van der Waals surface area contributed by atoms with Crippen LogP contribution in [-0.4, -0.2) is 30.7 Å². The van der Waals surface area contributed by atoms with Crippen LogP contribution in [0.15, 0.2) is 83.9 Å². The highest BCUT2D eigenvalue weighted by molar-refractivity contribution is 7.90. The van der Waals surface area contributed by atoms with Crippen molar-refractivity contribution in [3.63, 3.8) is 0 Å². The number of benzene rings is 3. The van der Waals surface area contributed by atoms with Gasteiger partial charge in [-0.15, -0.1) is 0 Å². The standard InChI is InChI=1S/C30H26N2O4S/c1-30(2,19-31)25-16-23-8-5-13-32-29(23)27(18-25)22-7-4-6-20(14-22)15-24(17-28(33)34)21-9-11-26(12-10-21)37(3,35)36/h4-16,18H,17H2,1-3H3,(H,33,34)/b24-15+. The molecule has 7 heteroatoms. The Morgan fingerprint density at radius 1 is 1.05 bits per heavy atom. The predicted octanol–water partition coefficient (Wildman–Crippen LogP) is 6.12. The van der Waals surface area contributed by atoms with Crippen LogP contribution >= 0.6 is 0 Å². The maximum absolute atomic E-state index is 11.8. The average Bonchev–Trinajstić information content (AvgIpc) is 2.87. The Hall–Kier alpha value is -4.28. The van der Waals surface area contributed by atoms with Gasteiger partial charge in [-0.3, -0.25) is 9.78 Å². The molecule has 1 aromatic heterocycles. The summed E-state index contributed by atoms with van der Waals surface area (Å²) in [6, 6.07) is 24.1. The first kappa shape index (κ1) is 25.8. The van der Waals surface area contributed by atoms with E-state index in [1.165, 1.54) is 12.1 Å². The third-order valence-electron chi connectivity index (χ3n) is 6.24. The zero-order valence-corrected chi connectivity index (χ0v) is 21.6. The van der Waals surface area contributed by atoms with Crippen molar-refractivity contribution in [3.8, 4) is 17.2 Å². The Balaban J connectivity index is 1.84. The van der Waals surface area contributed by atoms with Crippen LogP contribution in [0.4, 0.5) is 0 Å². The fraction of sp³-hybridized carbons (Fsp3) is 0.167. The molecule has 186 valence electrons. The summed E-state index contributed by atoms with van der Waals surface area (Å²) in [5.74, 6) is -0.990. The van der Waals surface area contributed by atoms with E-state index in [0.717, 1.165) is 39.4 Å². The summed E-state index contributed by atoms with van der Waals surface area (Å²) in [5, 5.41) is 20.2. The third-order valence-corrected chi connectivity index (χ3v) is 7.37. The smallest absolute Gasteiger partial charge is 0.307 e. The highest BCUT2D eigenvalue weighted by Gasteiger charge is 2.22. The molecule has 4 aromatic rings. The maximum Gasteiger partial charge on any atom is 0.307 e. The molecule has 37 heavy (non-hydrogen) atoms. The number of carboxylic acids is 1. The molecule has 0 aliphatic carbocycles. The summed E-state index contributed by atoms with van der Waals surface area (Å²) in [6.45, 7) is 3.75. The van der Waals surface area contributed by atoms with E-state index in [1.54, 1.807) is 24.4 Å². The van der Waals surface area contributed by atoms with E-state index in [0.29, 0.717) is 11.1 Å². The van der Waals surface area contributed by atoms with Gasteiger partial charge in [0, 0.05) is 23.4 Å². The average molecular weight is 511 g/mol. The van der Waals surface area contributed by atoms with Gasteiger partial charge in [-0.05, 0) is 78.1 Å². The molecule has 0 saturated heterocycles. The Morgan fingerprint density at radius 2 is 1.78 bits per heavy atom. The molecule has 3 aromatic carbocycles. The van der Waals surface area contributed by atoms with Gasteiger partial charge >= 0.3 is 5.97 Å². The zero-order valence-electron chi connectivity index (χ0n) is 20.8. The van der Waals surface area contributed by atoms with Gasteiger partial charge in [0.15, 0.2) is 9.84 Å². The van der Waals surface area contributed by atoms with Crippen molar-refractivity contribution in [3.05, 3.63) is 95.7 Å². The van der Waals surface area contributed by atoms with Gasteiger partial charge in [-0.2, -0.15) is 5.26 Å². The van der Waals surface area contributed by atoms with Gasteiger partial charge in [0.05, 0.1) is 28.3 Å². The molecule has 6 nitrogen and oxygen atoms in total. The second-order valence-electron chi connectivity index (χ2n) is 9.50. The second-order valence-corrected chi connectivity index (χ2v) is 11.5. The Bertz CT molecular complexity index is 1680. The fourth-order valence-corrected chi connectivity index (χ4v) is 4.78. The summed E-state index contributed by atoms with van der Waals surface area (Å²) in [5.41, 5.74) is 4.72. The van der Waals surface area contributed by atoms with E-state index in [9.17, 15) is 23.6 Å². The lowest BCUT2D eigenvalue weighted by Crippen LogP contribution is -2.14. The van der Waals surface area contributed by atoms with Crippen LogP contribution in [0.25, 0.3) is 33.7 Å². The molecule has 0 aliphatic heterocycles. The summed E-state index contributed by atoms with van der Waals surface area (Å²) in [4.78, 5) is 16.4. The molecule has 0 spiro atoms. The Kier molecular flexibility index (Phi) is 6.97. The molecule has 0 radical (unpaired) electrons. The van der Waals surface area contributed by atoms with Gasteiger partial charge < -0.3 is 5.11 Å². The minimum absolute atomic E-state index is 0.174. The van der Waals surface area contributed by atoms with Gasteiger partial charge in [0.1, 0.15) is 0 Å². The SMILES string of the molecule is CC(C)(C#N)c1cc(-c2cccc(/C=C(\CC(=O)O)c3ccc(S(C)(=O)=O)cc3)c2)c2ncccc2c1. The Labute approximate surface area is 216 Å². The number of aliphatic carboxylic acids is 1. The lowest BCUT2D eigenvalue weighted by atomic mass is 9.83. The number of aromatic nitrogens is 1. The first-order chi connectivity index (χ1) is 17.5.